The summed E-state index contributed by atoms with van der Waals surface area (Å²) in [7, 11) is 0. The van der Waals surface area contributed by atoms with Crippen LogP contribution in [-0.4, -0.2) is 22.1 Å². The van der Waals surface area contributed by atoms with E-state index in [1.165, 1.54) is 0 Å². The van der Waals surface area contributed by atoms with E-state index in [4.69, 9.17) is 11.6 Å². The number of ether oxygens (including phenoxy) is 1. The Morgan fingerprint density at radius 1 is 1.04 bits per heavy atom. The third-order valence-electron chi connectivity index (χ3n) is 2.95. The lowest BCUT2D eigenvalue weighted by Crippen LogP contribution is -2.36. The van der Waals surface area contributed by atoms with Gasteiger partial charge in [0.1, 0.15) is 17.8 Å². The number of aromatic nitrogens is 2. The molecule has 2 aromatic rings. The van der Waals surface area contributed by atoms with Gasteiger partial charge in [-0.05, 0) is 22.0 Å². The molecule has 14 heteroatoms. The van der Waals surface area contributed by atoms with E-state index in [1.807, 2.05) is 0 Å². The third-order valence-corrected chi connectivity index (χ3v) is 3.85. The van der Waals surface area contributed by atoms with Crippen LogP contribution < -0.4 is 10.3 Å². The fraction of sp³-hybridized carbons (Fsp3) is 0.231. The maximum atomic E-state index is 13.3. The van der Waals surface area contributed by atoms with Crippen molar-refractivity contribution in [1.29, 1.82) is 0 Å². The van der Waals surface area contributed by atoms with Gasteiger partial charge in [-0.25, -0.2) is 4.98 Å². The summed E-state index contributed by atoms with van der Waals surface area (Å²) in [6.07, 6.45) is -10.7. The van der Waals surface area contributed by atoms with Crippen LogP contribution in [0.15, 0.2) is 33.8 Å². The summed E-state index contributed by atoms with van der Waals surface area (Å²) in [5.41, 5.74) is -3.57. The Bertz CT molecular complexity index is 903. The lowest BCUT2D eigenvalue weighted by Gasteiger charge is -2.19. The molecule has 0 fully saturated rings. The molecule has 0 aliphatic carbocycles. The molecule has 0 saturated carbocycles. The Labute approximate surface area is 157 Å². The molecule has 0 bridgehead atoms. The minimum atomic E-state index is -5.98. The van der Waals surface area contributed by atoms with E-state index >= 15 is 0 Å². The molecule has 0 amide bonds. The molecule has 0 unspecified atom stereocenters. The molecule has 0 aliphatic heterocycles. The molecule has 0 aliphatic rings. The molecule has 0 radical (unpaired) electrons. The lowest BCUT2D eigenvalue weighted by molar-refractivity contribution is -0.291. The third kappa shape index (κ3) is 4.51. The monoisotopic (exact) mass is 486 g/mol. The zero-order valence-electron chi connectivity index (χ0n) is 12.3. The van der Waals surface area contributed by atoms with Gasteiger partial charge in [0, 0.05) is 16.6 Å². The van der Waals surface area contributed by atoms with Gasteiger partial charge < -0.3 is 4.74 Å². The maximum absolute atomic E-state index is 13.3. The molecule has 4 nitrogen and oxygen atoms in total. The molecule has 0 atom stereocenters. The van der Waals surface area contributed by atoms with Gasteiger partial charge in [0.25, 0.3) is 5.56 Å². The molecule has 1 heterocycles. The van der Waals surface area contributed by atoms with E-state index in [-0.39, 0.29) is 16.2 Å². The van der Waals surface area contributed by atoms with Crippen LogP contribution in [-0.2, 0) is 5.92 Å². The number of alkyl halides is 8. The van der Waals surface area contributed by atoms with Crippen molar-refractivity contribution in [3.63, 3.8) is 0 Å². The maximum Gasteiger partial charge on any atom is 0.573 e. The quantitative estimate of drug-likeness (QED) is 0.559. The second-order valence-corrected chi connectivity index (χ2v) is 6.10. The van der Waals surface area contributed by atoms with Gasteiger partial charge in [-0.15, -0.1) is 13.2 Å². The van der Waals surface area contributed by atoms with Crippen LogP contribution in [0.1, 0.15) is 5.69 Å². The highest BCUT2D eigenvalue weighted by atomic mass is 79.9. The van der Waals surface area contributed by atoms with Crippen molar-refractivity contribution >= 4 is 27.5 Å². The van der Waals surface area contributed by atoms with Crippen molar-refractivity contribution < 1.29 is 39.9 Å². The first-order valence-corrected chi connectivity index (χ1v) is 7.59. The lowest BCUT2D eigenvalue weighted by atomic mass is 10.2. The van der Waals surface area contributed by atoms with Crippen molar-refractivity contribution in [3.05, 3.63) is 50.1 Å². The number of halogens is 10. The first-order chi connectivity index (χ1) is 12.1. The average molecular weight is 488 g/mol. The summed E-state index contributed by atoms with van der Waals surface area (Å²) in [6.45, 7) is 0. The summed E-state index contributed by atoms with van der Waals surface area (Å²) < 4.78 is 104. The van der Waals surface area contributed by atoms with Crippen molar-refractivity contribution in [2.75, 3.05) is 0 Å². The first-order valence-electron chi connectivity index (χ1n) is 6.42. The molecule has 148 valence electrons. The summed E-state index contributed by atoms with van der Waals surface area (Å²) in [5, 5.41) is -0.497. The van der Waals surface area contributed by atoms with Gasteiger partial charge in [-0.2, -0.15) is 22.0 Å². The Morgan fingerprint density at radius 2 is 1.63 bits per heavy atom. The van der Waals surface area contributed by atoms with Gasteiger partial charge in [0.05, 0.1) is 10.7 Å². The fourth-order valence-corrected chi connectivity index (χ4v) is 2.90. The molecule has 1 aromatic carbocycles. The highest BCUT2D eigenvalue weighted by Crippen LogP contribution is 2.42. The van der Waals surface area contributed by atoms with E-state index in [0.29, 0.717) is 17.0 Å². The van der Waals surface area contributed by atoms with Crippen LogP contribution in [0, 0.1) is 0 Å². The summed E-state index contributed by atoms with van der Waals surface area (Å²) in [4.78, 5) is 14.9. The van der Waals surface area contributed by atoms with Gasteiger partial charge in [-0.1, -0.05) is 11.6 Å². The van der Waals surface area contributed by atoms with Crippen molar-refractivity contribution in [3.8, 4) is 11.4 Å². The molecular weight excluding hydrogens is 483 g/mol. The molecule has 0 N–H and O–H groups in total. The predicted molar refractivity (Wildman–Crippen MR) is 79.2 cm³/mol. The first kappa shape index (κ1) is 21.4. The molecule has 0 saturated heterocycles. The Kier molecular flexibility index (Phi) is 5.49. The zero-order valence-corrected chi connectivity index (χ0v) is 14.6. The Hall–Kier alpha value is -1.89. The van der Waals surface area contributed by atoms with Crippen LogP contribution in [0.5, 0.6) is 5.75 Å². The largest absolute Gasteiger partial charge is 0.573 e. The number of hydrogen-bond donors (Lipinski definition) is 0. The average Bonchev–Trinajstić information content (AvgIpc) is 2.45. The van der Waals surface area contributed by atoms with Crippen molar-refractivity contribution in [2.45, 2.75) is 18.5 Å². The molecule has 27 heavy (non-hydrogen) atoms. The Balaban J connectivity index is 2.53. The van der Waals surface area contributed by atoms with Crippen molar-refractivity contribution in [2.24, 2.45) is 0 Å². The smallest absolute Gasteiger partial charge is 0.406 e. The van der Waals surface area contributed by atoms with E-state index in [0.717, 1.165) is 6.07 Å². The van der Waals surface area contributed by atoms with Crippen LogP contribution in [0.4, 0.5) is 35.1 Å². The summed E-state index contributed by atoms with van der Waals surface area (Å²) >= 11 is 8.60. The SMILES string of the molecule is O=c1cc(C(F)(F)C(F)(F)F)ncn1-c1c(Cl)cc(OC(F)(F)F)cc1Br. The highest BCUT2D eigenvalue weighted by Gasteiger charge is 2.60. The molecule has 0 spiro atoms. The fourth-order valence-electron chi connectivity index (χ4n) is 1.85. The van der Waals surface area contributed by atoms with E-state index in [2.05, 4.69) is 25.7 Å². The van der Waals surface area contributed by atoms with Crippen molar-refractivity contribution in [1.82, 2.24) is 9.55 Å². The summed E-state index contributed by atoms with van der Waals surface area (Å²) in [6, 6.07) is 1.37. The van der Waals surface area contributed by atoms with Gasteiger partial charge in [0.2, 0.25) is 0 Å². The second-order valence-electron chi connectivity index (χ2n) is 4.84. The van der Waals surface area contributed by atoms with Gasteiger partial charge in [-0.3, -0.25) is 9.36 Å². The van der Waals surface area contributed by atoms with E-state index in [9.17, 15) is 39.9 Å². The molecule has 1 aromatic heterocycles. The van der Waals surface area contributed by atoms with E-state index < -0.39 is 40.5 Å². The number of rotatable bonds is 3. The zero-order chi connectivity index (χ0) is 20.8. The van der Waals surface area contributed by atoms with Gasteiger partial charge >= 0.3 is 18.5 Å². The van der Waals surface area contributed by atoms with E-state index in [1.54, 1.807) is 0 Å². The number of hydrogen-bond acceptors (Lipinski definition) is 3. The van der Waals surface area contributed by atoms with Crippen LogP contribution in [0.2, 0.25) is 5.02 Å². The standard InChI is InChI=1S/C13H4BrClF8N2O2/c14-6-1-5(27-13(21,22)23)2-7(15)10(6)25-4-24-8(3-9(25)26)11(16,17)12(18,19)20/h1-4H. The minimum Gasteiger partial charge on any atom is -0.406 e. The predicted octanol–water partition coefficient (Wildman–Crippen LogP) is 5.20. The van der Waals surface area contributed by atoms with Crippen LogP contribution in [0.3, 0.4) is 0 Å². The van der Waals surface area contributed by atoms with Crippen LogP contribution >= 0.6 is 27.5 Å². The minimum absolute atomic E-state index is 0.0591. The number of nitrogens with zero attached hydrogens (tertiary/aromatic N) is 2. The van der Waals surface area contributed by atoms with Crippen LogP contribution in [0.25, 0.3) is 5.69 Å². The number of benzene rings is 1. The second kappa shape index (κ2) is 6.93. The molecular formula is C13H4BrClF8N2O2. The van der Waals surface area contributed by atoms with Gasteiger partial charge in [0.15, 0.2) is 0 Å². The highest BCUT2D eigenvalue weighted by molar-refractivity contribution is 9.10. The summed E-state index contributed by atoms with van der Waals surface area (Å²) in [5.74, 6) is -6.14. The molecule has 2 rings (SSSR count). The normalized spacial score (nSPS) is 13.0. The topological polar surface area (TPSA) is 44.1 Å². The Morgan fingerprint density at radius 3 is 2.07 bits per heavy atom.